The van der Waals surface area contributed by atoms with Crippen molar-refractivity contribution in [2.75, 3.05) is 13.1 Å². The van der Waals surface area contributed by atoms with Crippen molar-refractivity contribution in [3.63, 3.8) is 0 Å². The van der Waals surface area contributed by atoms with Gasteiger partial charge in [0.2, 0.25) is 0 Å². The van der Waals surface area contributed by atoms with Gasteiger partial charge in [-0.1, -0.05) is 42.5 Å². The number of fused-ring (bicyclic) bond motifs is 1. The number of rotatable bonds is 5. The number of nitrogens with zero attached hydrogens (tertiary/aromatic N) is 4. The van der Waals surface area contributed by atoms with Crippen LogP contribution in [0.4, 0.5) is 9.59 Å². The zero-order chi connectivity index (χ0) is 29.4. The van der Waals surface area contributed by atoms with Crippen LogP contribution in [-0.2, 0) is 4.74 Å². The molecule has 3 N–H and O–H groups in total. The van der Waals surface area contributed by atoms with E-state index in [0.29, 0.717) is 18.9 Å². The Balaban J connectivity index is 1.12. The number of carbonyl (C=O) groups excluding carboxylic acids is 1. The molecule has 2 aromatic heterocycles. The third-order valence-corrected chi connectivity index (χ3v) is 7.82. The molecule has 4 heterocycles. The minimum atomic E-state index is -0.903. The van der Waals surface area contributed by atoms with Gasteiger partial charge in [-0.05, 0) is 75.3 Å². The Bertz CT molecular complexity index is 1630. The van der Waals surface area contributed by atoms with Gasteiger partial charge in [-0.15, -0.1) is 0 Å². The topological polar surface area (TPSA) is 127 Å². The summed E-state index contributed by atoms with van der Waals surface area (Å²) in [6, 6.07) is 13.9. The van der Waals surface area contributed by atoms with Gasteiger partial charge in [0, 0.05) is 13.1 Å². The van der Waals surface area contributed by atoms with Gasteiger partial charge in [0.25, 0.3) is 0 Å². The molecule has 0 bridgehead atoms. The molecule has 42 heavy (non-hydrogen) atoms. The number of ether oxygens (including phenoxy) is 1. The molecule has 218 valence electrons. The number of H-pyrrole nitrogens is 2. The van der Waals surface area contributed by atoms with Gasteiger partial charge >= 0.3 is 12.2 Å². The third-order valence-electron chi connectivity index (χ3n) is 7.82. The highest BCUT2D eigenvalue weighted by atomic mass is 16.6. The first kappa shape index (κ1) is 27.6. The van der Waals surface area contributed by atoms with E-state index in [1.165, 1.54) is 4.90 Å². The van der Waals surface area contributed by atoms with Crippen molar-refractivity contribution < 1.29 is 19.4 Å². The molecule has 0 aliphatic carbocycles. The molecule has 2 amide bonds. The second-order valence-corrected chi connectivity index (χ2v) is 12.0. The molecule has 2 aromatic carbocycles. The second-order valence-electron chi connectivity index (χ2n) is 12.0. The Labute approximate surface area is 244 Å². The van der Waals surface area contributed by atoms with Crippen molar-refractivity contribution in [1.82, 2.24) is 29.7 Å². The van der Waals surface area contributed by atoms with E-state index in [0.717, 1.165) is 64.9 Å². The lowest BCUT2D eigenvalue weighted by molar-refractivity contribution is 0.0218. The largest absolute Gasteiger partial charge is 0.465 e. The lowest BCUT2D eigenvalue weighted by atomic mass is 10.1. The van der Waals surface area contributed by atoms with E-state index >= 15 is 0 Å². The smallest absolute Gasteiger partial charge is 0.410 e. The maximum Gasteiger partial charge on any atom is 0.410 e. The van der Waals surface area contributed by atoms with E-state index in [2.05, 4.69) is 50.3 Å². The fourth-order valence-electron chi connectivity index (χ4n) is 5.80. The Morgan fingerprint density at radius 1 is 0.929 bits per heavy atom. The van der Waals surface area contributed by atoms with Gasteiger partial charge in [-0.25, -0.2) is 19.6 Å². The van der Waals surface area contributed by atoms with Crippen LogP contribution in [-0.4, -0.2) is 65.7 Å². The molecule has 0 saturated carbocycles. The summed E-state index contributed by atoms with van der Waals surface area (Å²) in [7, 11) is 0. The molecular formula is C32H36N6O4. The molecule has 6 rings (SSSR count). The van der Waals surface area contributed by atoms with E-state index in [1.807, 2.05) is 51.2 Å². The summed E-state index contributed by atoms with van der Waals surface area (Å²) in [6.07, 6.45) is 8.11. The van der Waals surface area contributed by atoms with Crippen LogP contribution in [0, 0.1) is 0 Å². The highest BCUT2D eigenvalue weighted by Gasteiger charge is 2.35. The van der Waals surface area contributed by atoms with E-state index in [-0.39, 0.29) is 18.2 Å². The third kappa shape index (κ3) is 5.74. The van der Waals surface area contributed by atoms with Crippen LogP contribution in [0.25, 0.3) is 34.4 Å². The SMILES string of the molecule is CC(C)(C)OC(=O)N1CCCC1c1ncc(-c2ccc(/C=C/c3ccc4nc(C5CCCN5C(=O)O)[nH]c4c3)cc2)[nH]1. The number of hydrogen-bond acceptors (Lipinski definition) is 5. The minimum absolute atomic E-state index is 0.117. The molecular weight excluding hydrogens is 532 g/mol. The van der Waals surface area contributed by atoms with Crippen molar-refractivity contribution in [1.29, 1.82) is 0 Å². The van der Waals surface area contributed by atoms with Gasteiger partial charge in [0.1, 0.15) is 17.2 Å². The number of imidazole rings is 2. The maximum absolute atomic E-state index is 12.7. The van der Waals surface area contributed by atoms with Crippen molar-refractivity contribution >= 4 is 35.4 Å². The Morgan fingerprint density at radius 2 is 1.60 bits per heavy atom. The maximum atomic E-state index is 12.7. The summed E-state index contributed by atoms with van der Waals surface area (Å²) in [4.78, 5) is 43.5. The molecule has 0 radical (unpaired) electrons. The monoisotopic (exact) mass is 568 g/mol. The second kappa shape index (κ2) is 11.0. The highest BCUT2D eigenvalue weighted by Crippen LogP contribution is 2.34. The molecule has 10 heteroatoms. The average molecular weight is 569 g/mol. The van der Waals surface area contributed by atoms with Crippen LogP contribution >= 0.6 is 0 Å². The minimum Gasteiger partial charge on any atom is -0.465 e. The molecule has 2 fully saturated rings. The number of likely N-dealkylation sites (tertiary alicyclic amines) is 2. The number of hydrogen-bond donors (Lipinski definition) is 3. The van der Waals surface area contributed by atoms with Crippen LogP contribution in [0.2, 0.25) is 0 Å². The summed E-state index contributed by atoms with van der Waals surface area (Å²) < 4.78 is 5.60. The molecule has 2 atom stereocenters. The van der Waals surface area contributed by atoms with Crippen molar-refractivity contribution in [2.45, 2.75) is 64.1 Å². The van der Waals surface area contributed by atoms with Gasteiger partial charge in [-0.2, -0.15) is 0 Å². The summed E-state index contributed by atoms with van der Waals surface area (Å²) in [5.74, 6) is 1.48. The molecule has 2 unspecified atom stereocenters. The summed E-state index contributed by atoms with van der Waals surface area (Å²) in [6.45, 7) is 6.83. The average Bonchev–Trinajstić information content (AvgIpc) is 3.76. The van der Waals surface area contributed by atoms with Gasteiger partial charge < -0.3 is 19.8 Å². The zero-order valence-electron chi connectivity index (χ0n) is 24.1. The molecule has 2 aliphatic rings. The van der Waals surface area contributed by atoms with E-state index in [1.54, 1.807) is 4.90 Å². The molecule has 2 aliphatic heterocycles. The first-order valence-electron chi connectivity index (χ1n) is 14.5. The van der Waals surface area contributed by atoms with Gasteiger partial charge in [0.05, 0.1) is 35.0 Å². The predicted octanol–water partition coefficient (Wildman–Crippen LogP) is 7.01. The first-order chi connectivity index (χ1) is 20.1. The van der Waals surface area contributed by atoms with E-state index in [4.69, 9.17) is 4.74 Å². The normalized spacial score (nSPS) is 19.3. The molecule has 10 nitrogen and oxygen atoms in total. The van der Waals surface area contributed by atoms with Crippen molar-refractivity contribution in [2.24, 2.45) is 0 Å². The molecule has 0 spiro atoms. The lowest BCUT2D eigenvalue weighted by Crippen LogP contribution is -2.36. The molecule has 2 saturated heterocycles. The quantitative estimate of drug-likeness (QED) is 0.222. The number of carboxylic acid groups (broad SMARTS) is 1. The summed E-state index contributed by atoms with van der Waals surface area (Å²) in [5.41, 5.74) is 5.18. The van der Waals surface area contributed by atoms with Gasteiger partial charge in [-0.3, -0.25) is 9.80 Å². The van der Waals surface area contributed by atoms with Crippen LogP contribution < -0.4 is 0 Å². The Morgan fingerprint density at radius 3 is 2.31 bits per heavy atom. The summed E-state index contributed by atoms with van der Waals surface area (Å²) >= 11 is 0. The number of aromatic amines is 2. The van der Waals surface area contributed by atoms with Crippen LogP contribution in [0.5, 0.6) is 0 Å². The van der Waals surface area contributed by atoms with Crippen LogP contribution in [0.1, 0.15) is 81.3 Å². The fourth-order valence-corrected chi connectivity index (χ4v) is 5.80. The number of aromatic nitrogens is 4. The fraction of sp³-hybridized carbons (Fsp3) is 0.375. The molecule has 4 aromatic rings. The Kier molecular flexibility index (Phi) is 7.22. The predicted molar refractivity (Wildman–Crippen MR) is 161 cm³/mol. The lowest BCUT2D eigenvalue weighted by Gasteiger charge is -2.27. The van der Waals surface area contributed by atoms with Gasteiger partial charge in [0.15, 0.2) is 0 Å². The standard InChI is InChI=1S/C32H36N6O4/c1-32(2,3)42-31(41)38-17-5-6-26(38)28-33-19-25(36-28)22-13-10-20(11-14-22)8-9-21-12-15-23-24(18-21)35-29(34-23)27-7-4-16-37(27)30(39)40/h8-15,18-19,26-27H,4-7,16-17H2,1-3H3,(H,33,36)(H,34,35)(H,39,40)/b9-8+. The summed E-state index contributed by atoms with van der Waals surface area (Å²) in [5, 5.41) is 9.48. The zero-order valence-corrected chi connectivity index (χ0v) is 24.1. The number of benzene rings is 2. The number of carbonyl (C=O) groups is 2. The number of nitrogens with one attached hydrogen (secondary N) is 2. The van der Waals surface area contributed by atoms with Crippen LogP contribution in [0.3, 0.4) is 0 Å². The van der Waals surface area contributed by atoms with Crippen molar-refractivity contribution in [3.8, 4) is 11.3 Å². The Hall–Kier alpha value is -4.60. The van der Waals surface area contributed by atoms with E-state index in [9.17, 15) is 14.7 Å². The first-order valence-corrected chi connectivity index (χ1v) is 14.5. The van der Waals surface area contributed by atoms with E-state index < -0.39 is 11.7 Å². The van der Waals surface area contributed by atoms with Crippen LogP contribution in [0.15, 0.2) is 48.7 Å². The van der Waals surface area contributed by atoms with Crippen molar-refractivity contribution in [3.05, 3.63) is 71.4 Å². The highest BCUT2D eigenvalue weighted by molar-refractivity contribution is 5.81. The number of amides is 2.